The van der Waals surface area contributed by atoms with Gasteiger partial charge in [0.1, 0.15) is 11.6 Å². The van der Waals surface area contributed by atoms with E-state index in [-0.39, 0.29) is 29.6 Å². The molecule has 18 heavy (non-hydrogen) atoms. The van der Waals surface area contributed by atoms with Crippen molar-refractivity contribution in [3.8, 4) is 11.9 Å². The second-order valence-corrected chi connectivity index (χ2v) is 3.00. The molecule has 1 aromatic rings. The zero-order chi connectivity index (χ0) is 13.4. The van der Waals surface area contributed by atoms with Gasteiger partial charge in [-0.25, -0.2) is 32.5 Å². The quantitative estimate of drug-likeness (QED) is 0.274. The van der Waals surface area contributed by atoms with Gasteiger partial charge < -0.3 is 4.32 Å². The third kappa shape index (κ3) is 2.34. The molecular weight excluding hydrogens is 272 g/mol. The van der Waals surface area contributed by atoms with Crippen LogP contribution in [0.3, 0.4) is 0 Å². The van der Waals surface area contributed by atoms with E-state index in [0.717, 1.165) is 0 Å². The molecule has 0 aliphatic rings. The first-order valence-electron chi connectivity index (χ1n) is 3.98. The first kappa shape index (κ1) is 16.8. The van der Waals surface area contributed by atoms with Gasteiger partial charge in [-0.05, 0) is 0 Å². The van der Waals surface area contributed by atoms with Crippen molar-refractivity contribution in [3.05, 3.63) is 29.1 Å². The van der Waals surface area contributed by atoms with E-state index in [0.29, 0.717) is 11.9 Å². The SMILES string of the molecule is N#C[B-](F)(C#N)c1c(F)c(F)c(F)c(F)c1F.[Na+]. The molecule has 0 saturated heterocycles. The second-order valence-electron chi connectivity index (χ2n) is 3.00. The molecule has 0 spiro atoms. The van der Waals surface area contributed by atoms with Crippen molar-refractivity contribution in [3.63, 3.8) is 0 Å². The Morgan fingerprint density at radius 1 is 0.722 bits per heavy atom. The molecule has 1 rings (SSSR count). The molecule has 0 bridgehead atoms. The maximum Gasteiger partial charge on any atom is 1.00 e. The summed E-state index contributed by atoms with van der Waals surface area (Å²) in [7, 11) is 0. The number of hydrogen-bond acceptors (Lipinski definition) is 2. The van der Waals surface area contributed by atoms with Crippen molar-refractivity contribution >= 4 is 11.9 Å². The molecule has 0 aliphatic carbocycles. The molecular formula is C8BF6N2Na. The zero-order valence-electron chi connectivity index (χ0n) is 8.74. The van der Waals surface area contributed by atoms with Gasteiger partial charge in [0.25, 0.3) is 0 Å². The summed E-state index contributed by atoms with van der Waals surface area (Å²) in [6, 6.07) is 0. The van der Waals surface area contributed by atoms with Crippen LogP contribution in [0.2, 0.25) is 0 Å². The summed E-state index contributed by atoms with van der Waals surface area (Å²) in [5, 5.41) is 16.5. The van der Waals surface area contributed by atoms with E-state index in [1.807, 2.05) is 0 Å². The van der Waals surface area contributed by atoms with Crippen molar-refractivity contribution in [2.45, 2.75) is 0 Å². The minimum Gasteiger partial charge on any atom is -0.476 e. The van der Waals surface area contributed by atoms with E-state index in [9.17, 15) is 26.3 Å². The molecule has 0 aliphatic heterocycles. The van der Waals surface area contributed by atoms with Crippen molar-refractivity contribution in [2.75, 3.05) is 0 Å². The van der Waals surface area contributed by atoms with Crippen molar-refractivity contribution in [1.82, 2.24) is 0 Å². The zero-order valence-corrected chi connectivity index (χ0v) is 10.7. The van der Waals surface area contributed by atoms with Crippen LogP contribution >= 0.6 is 0 Å². The molecule has 0 aromatic heterocycles. The predicted molar refractivity (Wildman–Crippen MR) is 44.0 cm³/mol. The van der Waals surface area contributed by atoms with Gasteiger partial charge in [0.05, 0.1) is 0 Å². The van der Waals surface area contributed by atoms with Gasteiger partial charge in [0.15, 0.2) is 17.5 Å². The summed E-state index contributed by atoms with van der Waals surface area (Å²) in [5.74, 6) is -11.2. The molecule has 1 aromatic carbocycles. The fourth-order valence-electron chi connectivity index (χ4n) is 1.13. The maximum absolute atomic E-state index is 13.4. The third-order valence-electron chi connectivity index (χ3n) is 2.00. The minimum atomic E-state index is -4.67. The monoisotopic (exact) mass is 272 g/mol. The molecule has 0 atom stereocenters. The van der Waals surface area contributed by atoms with Crippen LogP contribution in [0, 0.1) is 51.5 Å². The Morgan fingerprint density at radius 3 is 1.28 bits per heavy atom. The van der Waals surface area contributed by atoms with Crippen molar-refractivity contribution < 1.29 is 55.8 Å². The summed E-state index contributed by atoms with van der Waals surface area (Å²) in [6.07, 6.45) is -4.67. The fourth-order valence-corrected chi connectivity index (χ4v) is 1.13. The fraction of sp³-hybridized carbons (Fsp3) is 0. The average molecular weight is 272 g/mol. The van der Waals surface area contributed by atoms with Gasteiger partial charge >= 0.3 is 36.0 Å². The van der Waals surface area contributed by atoms with Crippen LogP contribution in [-0.4, -0.2) is 6.42 Å². The summed E-state index contributed by atoms with van der Waals surface area (Å²) in [5.41, 5.74) is -2.05. The minimum absolute atomic E-state index is 0. The van der Waals surface area contributed by atoms with E-state index in [1.165, 1.54) is 0 Å². The summed E-state index contributed by atoms with van der Waals surface area (Å²) in [6.45, 7) is 0. The second kappa shape index (κ2) is 5.66. The number of nitriles is 2. The standard InChI is InChI=1S/C8BF6N2.Na/c10-4-3(9(15,1-16)2-17)5(11)7(13)8(14)6(4)12;/q-1;+1. The van der Waals surface area contributed by atoms with E-state index < -0.39 is 41.0 Å². The van der Waals surface area contributed by atoms with Gasteiger partial charge in [0.2, 0.25) is 0 Å². The van der Waals surface area contributed by atoms with Gasteiger partial charge in [-0.3, -0.25) is 0 Å². The average Bonchev–Trinajstić information content (AvgIpc) is 2.33. The predicted octanol–water partition coefficient (Wildman–Crippen LogP) is -1.37. The van der Waals surface area contributed by atoms with Gasteiger partial charge in [-0.2, -0.15) is 0 Å². The van der Waals surface area contributed by atoms with Crippen LogP contribution in [-0.2, 0) is 0 Å². The maximum atomic E-state index is 13.4. The van der Waals surface area contributed by atoms with Crippen LogP contribution in [0.4, 0.5) is 26.3 Å². The molecule has 0 fully saturated rings. The van der Waals surface area contributed by atoms with Crippen LogP contribution in [0.1, 0.15) is 0 Å². The molecule has 0 N–H and O–H groups in total. The van der Waals surface area contributed by atoms with Crippen molar-refractivity contribution in [2.24, 2.45) is 0 Å². The first-order valence-corrected chi connectivity index (χ1v) is 3.98. The number of rotatable bonds is 1. The summed E-state index contributed by atoms with van der Waals surface area (Å²) < 4.78 is 77.4. The normalized spacial score (nSPS) is 10.2. The van der Waals surface area contributed by atoms with Crippen LogP contribution in [0.15, 0.2) is 0 Å². The van der Waals surface area contributed by atoms with Crippen LogP contribution in [0.5, 0.6) is 0 Å². The Kier molecular flexibility index (Phi) is 5.29. The van der Waals surface area contributed by atoms with E-state index in [1.54, 1.807) is 0 Å². The molecule has 0 amide bonds. The van der Waals surface area contributed by atoms with E-state index in [2.05, 4.69) is 0 Å². The number of benzene rings is 1. The Morgan fingerprint density at radius 2 is 1.00 bits per heavy atom. The first-order chi connectivity index (χ1) is 7.80. The number of nitrogens with zero attached hydrogens (tertiary/aromatic N) is 2. The molecule has 0 saturated carbocycles. The van der Waals surface area contributed by atoms with Gasteiger partial charge in [-0.1, -0.05) is 17.4 Å². The van der Waals surface area contributed by atoms with Gasteiger partial charge in [0, 0.05) is 0 Å². The van der Waals surface area contributed by atoms with Gasteiger partial charge in [-0.15, -0.1) is 0 Å². The smallest absolute Gasteiger partial charge is 0.476 e. The molecule has 88 valence electrons. The Bertz CT molecular complexity index is 535. The number of hydrogen-bond donors (Lipinski definition) is 0. The molecule has 0 radical (unpaired) electrons. The topological polar surface area (TPSA) is 47.6 Å². The largest absolute Gasteiger partial charge is 1.00 e. The molecule has 10 heteroatoms. The Hall–Kier alpha value is -1.16. The number of halogens is 6. The third-order valence-corrected chi connectivity index (χ3v) is 2.00. The Labute approximate surface area is 119 Å². The van der Waals surface area contributed by atoms with E-state index in [4.69, 9.17) is 10.5 Å². The molecule has 2 nitrogen and oxygen atoms in total. The molecule has 0 heterocycles. The summed E-state index contributed by atoms with van der Waals surface area (Å²) in [4.78, 5) is 0. The molecule has 0 unspecified atom stereocenters. The van der Waals surface area contributed by atoms with Crippen LogP contribution in [0.25, 0.3) is 0 Å². The Balaban J connectivity index is 0.00000289. The van der Waals surface area contributed by atoms with E-state index >= 15 is 0 Å². The van der Waals surface area contributed by atoms with Crippen LogP contribution < -0.4 is 35.0 Å². The summed E-state index contributed by atoms with van der Waals surface area (Å²) >= 11 is 0. The van der Waals surface area contributed by atoms with Crippen molar-refractivity contribution in [1.29, 1.82) is 10.5 Å².